The lowest BCUT2D eigenvalue weighted by molar-refractivity contribution is -0.122. The smallest absolute Gasteiger partial charge is 0.167 e. The molecule has 2 unspecified atom stereocenters. The Labute approximate surface area is 381 Å². The lowest BCUT2D eigenvalue weighted by Gasteiger charge is -2.40. The number of benzene rings is 4. The predicted molar refractivity (Wildman–Crippen MR) is 256 cm³/mol. The van der Waals surface area contributed by atoms with Crippen LogP contribution in [0.25, 0.3) is 0 Å². The van der Waals surface area contributed by atoms with E-state index in [1.54, 1.807) is 13.8 Å². The van der Waals surface area contributed by atoms with Crippen LogP contribution in [0.1, 0.15) is 149 Å². The molecule has 3 aliphatic heterocycles. The molecule has 1 N–H and O–H groups in total. The molecule has 8 nitrogen and oxygen atoms in total. The highest BCUT2D eigenvalue weighted by atomic mass is 16.5. The fourth-order valence-electron chi connectivity index (χ4n) is 12.0. The summed E-state index contributed by atoms with van der Waals surface area (Å²) >= 11 is 0. The van der Waals surface area contributed by atoms with Gasteiger partial charge in [0.1, 0.15) is 29.7 Å². The molecule has 2 aliphatic carbocycles. The molecule has 2 saturated heterocycles. The van der Waals surface area contributed by atoms with Gasteiger partial charge >= 0.3 is 0 Å². The summed E-state index contributed by atoms with van der Waals surface area (Å²) in [6, 6.07) is 30.6. The van der Waals surface area contributed by atoms with Crippen molar-refractivity contribution in [2.45, 2.75) is 135 Å². The zero-order chi connectivity index (χ0) is 45.0. The number of phenols is 1. The number of hydrogen-bond acceptors (Lipinski definition) is 8. The molecule has 2 fully saturated rings. The Morgan fingerprint density at radius 2 is 1.66 bits per heavy atom. The molecule has 0 amide bonds. The van der Waals surface area contributed by atoms with E-state index in [9.17, 15) is 19.5 Å². The molecule has 0 radical (unpaired) electrons. The first kappa shape index (κ1) is 45.6. The standard InChI is InChI=1S/C54H64N2O6.C2H6/c1-4-25-56-43(34-61-51-31-48-41(30-50(51)56)29-49(53(48)60)45(36(3)58)20-13-35(2)57)12-8-9-37-32-54(62-33-37)23-26-55(27-24-54)42-17-14-39(15-18-42)52-46(38-10-6-5-7-11-38)21-16-40-28-44(59)19-22-47(40)52;1-2/h5-7,10-11,14-15,17-19,22,28,30-31,37,43,45-46,49,52,59H,4,8-9,12-13,16,20-21,23-27,29,32-34H2,1-3H3;1-2H3/t37?,43-,45+,46+,49?,52-;/m1./s1. The van der Waals surface area contributed by atoms with E-state index < -0.39 is 11.8 Å². The molecule has 0 bridgehead atoms. The number of aryl methyl sites for hydroxylation is 1. The molecule has 4 aromatic carbocycles. The fourth-order valence-corrected chi connectivity index (χ4v) is 12.0. The highest BCUT2D eigenvalue weighted by molar-refractivity contribution is 6.05. The van der Waals surface area contributed by atoms with Crippen LogP contribution in [-0.4, -0.2) is 66.9 Å². The molecule has 1 spiro atoms. The minimum Gasteiger partial charge on any atom is -0.508 e. The van der Waals surface area contributed by atoms with Gasteiger partial charge < -0.3 is 29.2 Å². The third-order valence-electron chi connectivity index (χ3n) is 15.2. The molecule has 3 heterocycles. The molecule has 8 heteroatoms. The van der Waals surface area contributed by atoms with Crippen LogP contribution in [0.4, 0.5) is 11.4 Å². The minimum absolute atomic E-state index is 0.0120. The van der Waals surface area contributed by atoms with Gasteiger partial charge in [0.2, 0.25) is 0 Å². The van der Waals surface area contributed by atoms with E-state index in [-0.39, 0.29) is 34.9 Å². The summed E-state index contributed by atoms with van der Waals surface area (Å²) in [6.45, 7) is 13.7. The molecule has 9 rings (SSSR count). The summed E-state index contributed by atoms with van der Waals surface area (Å²) in [7, 11) is 0. The Morgan fingerprint density at radius 1 is 0.891 bits per heavy atom. The predicted octanol–water partition coefficient (Wildman–Crippen LogP) is 11.4. The summed E-state index contributed by atoms with van der Waals surface area (Å²) in [5.74, 6) is 1.54. The van der Waals surface area contributed by atoms with E-state index in [4.69, 9.17) is 9.47 Å². The van der Waals surface area contributed by atoms with E-state index >= 15 is 0 Å². The number of ether oxygens (including phenoxy) is 2. The number of nitrogens with zero attached hydrogens (tertiary/aromatic N) is 2. The third kappa shape index (κ3) is 9.54. The van der Waals surface area contributed by atoms with E-state index in [0.29, 0.717) is 49.0 Å². The summed E-state index contributed by atoms with van der Waals surface area (Å²) in [4.78, 5) is 43.1. The van der Waals surface area contributed by atoms with Crippen LogP contribution in [0.15, 0.2) is 84.9 Å². The molecule has 4 aromatic rings. The number of aromatic hydroxyl groups is 1. The Balaban J connectivity index is 0.00000276. The number of ketones is 3. The van der Waals surface area contributed by atoms with Crippen molar-refractivity contribution >= 4 is 28.7 Å². The van der Waals surface area contributed by atoms with E-state index in [1.807, 2.05) is 32.0 Å². The first-order valence-corrected chi connectivity index (χ1v) is 24.6. The zero-order valence-electron chi connectivity index (χ0n) is 39.0. The first-order chi connectivity index (χ1) is 31.1. The van der Waals surface area contributed by atoms with Crippen molar-refractivity contribution in [3.63, 3.8) is 0 Å². The van der Waals surface area contributed by atoms with E-state index in [2.05, 4.69) is 83.5 Å². The maximum Gasteiger partial charge on any atom is 0.167 e. The number of carbonyl (C=O) groups excluding carboxylic acids is 3. The Kier molecular flexibility index (Phi) is 14.3. The zero-order valence-corrected chi connectivity index (χ0v) is 39.0. The molecule has 5 aliphatic rings. The number of anilines is 2. The van der Waals surface area contributed by atoms with Crippen LogP contribution >= 0.6 is 0 Å². The molecule has 340 valence electrons. The maximum absolute atomic E-state index is 13.6. The van der Waals surface area contributed by atoms with Crippen LogP contribution in [0.3, 0.4) is 0 Å². The summed E-state index contributed by atoms with van der Waals surface area (Å²) in [5, 5.41) is 10.3. The largest absolute Gasteiger partial charge is 0.508 e. The summed E-state index contributed by atoms with van der Waals surface area (Å²) in [5.41, 5.74) is 9.32. The Bertz CT molecular complexity index is 2260. The van der Waals surface area contributed by atoms with Crippen molar-refractivity contribution in [1.29, 1.82) is 0 Å². The molecular weight excluding hydrogens is 797 g/mol. The number of fused-ring (bicyclic) bond motifs is 3. The second-order valence-corrected chi connectivity index (χ2v) is 19.3. The average molecular weight is 867 g/mol. The second kappa shape index (κ2) is 20.1. The molecule has 6 atom stereocenters. The summed E-state index contributed by atoms with van der Waals surface area (Å²) in [6.07, 6.45) is 10.9. The molecule has 0 saturated carbocycles. The van der Waals surface area contributed by atoms with Gasteiger partial charge in [0.05, 0.1) is 23.9 Å². The Morgan fingerprint density at radius 3 is 2.38 bits per heavy atom. The van der Waals surface area contributed by atoms with Crippen molar-refractivity contribution in [1.82, 2.24) is 0 Å². The number of rotatable bonds is 14. The number of phenolic OH excluding ortho intramolecular Hbond substituents is 1. The van der Waals surface area contributed by atoms with Gasteiger partial charge in [-0.2, -0.15) is 0 Å². The van der Waals surface area contributed by atoms with Crippen molar-refractivity contribution in [2.75, 3.05) is 42.6 Å². The monoisotopic (exact) mass is 867 g/mol. The van der Waals surface area contributed by atoms with Gasteiger partial charge in [0.25, 0.3) is 0 Å². The third-order valence-corrected chi connectivity index (χ3v) is 15.2. The van der Waals surface area contributed by atoms with Crippen molar-refractivity contribution in [3.8, 4) is 11.5 Å². The quantitative estimate of drug-likeness (QED) is 0.134. The molecular formula is C56H70N2O6. The number of hydrogen-bond donors (Lipinski definition) is 1. The molecule has 0 aromatic heterocycles. The topological polar surface area (TPSA) is 96.4 Å². The van der Waals surface area contributed by atoms with E-state index in [0.717, 1.165) is 101 Å². The highest BCUT2D eigenvalue weighted by Gasteiger charge is 2.44. The minimum atomic E-state index is -0.432. The van der Waals surface area contributed by atoms with Gasteiger partial charge in [-0.3, -0.25) is 9.59 Å². The first-order valence-electron chi connectivity index (χ1n) is 24.6. The van der Waals surface area contributed by atoms with Crippen LogP contribution in [-0.2, 0) is 27.2 Å². The maximum atomic E-state index is 13.6. The van der Waals surface area contributed by atoms with Crippen LogP contribution in [0, 0.1) is 17.8 Å². The van der Waals surface area contributed by atoms with Crippen LogP contribution in [0.2, 0.25) is 0 Å². The Hall–Kier alpha value is -4.95. The SMILES string of the molecule is CC.CCCN1c2cc3c(cc2OC[C@H]1CCCC1COC2(CCN(c4ccc([C@H]5c6ccc(O)cc6CC[C@H]5c5ccccc5)cc4)CC2)C1)C(=O)C([C@@H](CCC(C)=O)C(C)=O)C3. The lowest BCUT2D eigenvalue weighted by atomic mass is 9.69. The van der Waals surface area contributed by atoms with Crippen LogP contribution in [0.5, 0.6) is 11.5 Å². The van der Waals surface area contributed by atoms with E-state index in [1.165, 1.54) is 27.9 Å². The van der Waals surface area contributed by atoms with Gasteiger partial charge in [-0.25, -0.2) is 0 Å². The number of piperidine rings is 1. The van der Waals surface area contributed by atoms with Gasteiger partial charge in [0, 0.05) is 55.1 Å². The number of carbonyl (C=O) groups is 3. The van der Waals surface area contributed by atoms with Crippen molar-refractivity contribution < 1.29 is 29.0 Å². The van der Waals surface area contributed by atoms with Gasteiger partial charge in [-0.1, -0.05) is 75.7 Å². The van der Waals surface area contributed by atoms with Crippen LogP contribution < -0.4 is 14.5 Å². The normalized spacial score (nSPS) is 23.6. The van der Waals surface area contributed by atoms with Crippen molar-refractivity contribution in [2.24, 2.45) is 17.8 Å². The van der Waals surface area contributed by atoms with Gasteiger partial charge in [0.15, 0.2) is 5.78 Å². The fraction of sp³-hybridized carbons (Fsp3) is 0.518. The van der Waals surface area contributed by atoms with Gasteiger partial charge in [-0.05, 0) is 154 Å². The number of Topliss-reactive ketones (excluding diaryl/α,β-unsaturated/α-hetero) is 3. The van der Waals surface area contributed by atoms with Crippen molar-refractivity contribution in [3.05, 3.63) is 118 Å². The summed E-state index contributed by atoms with van der Waals surface area (Å²) < 4.78 is 13.1. The second-order valence-electron chi connectivity index (χ2n) is 19.3. The van der Waals surface area contributed by atoms with Gasteiger partial charge in [-0.15, -0.1) is 0 Å². The average Bonchev–Trinajstić information content (AvgIpc) is 3.85. The lowest BCUT2D eigenvalue weighted by Crippen LogP contribution is -2.44. The molecule has 64 heavy (non-hydrogen) atoms. The highest BCUT2D eigenvalue weighted by Crippen LogP contribution is 2.48.